The van der Waals surface area contributed by atoms with Gasteiger partial charge in [-0.25, -0.2) is 0 Å². The first kappa shape index (κ1) is 74.0. The first-order valence-corrected chi connectivity index (χ1v) is 30.2. The molecule has 0 aromatic heterocycles. The monoisotopic (exact) mass is 1190 g/mol. The lowest BCUT2D eigenvalue weighted by Gasteiger charge is -2.41. The highest BCUT2D eigenvalue weighted by molar-refractivity contribution is 6.00. The molecule has 0 radical (unpaired) electrons. The molecule has 84 heavy (non-hydrogen) atoms. The van der Waals surface area contributed by atoms with E-state index in [1.165, 1.54) is 92.6 Å². The fraction of sp³-hybridized carbons (Fsp3) is 0.787. The van der Waals surface area contributed by atoms with Crippen molar-refractivity contribution in [3.05, 3.63) is 12.2 Å². The topological polar surface area (TPSA) is 270 Å². The Kier molecular flexibility index (Phi) is 28.5. The molecule has 0 spiro atoms. The van der Waals surface area contributed by atoms with Gasteiger partial charge in [-0.2, -0.15) is 0 Å². The van der Waals surface area contributed by atoms with E-state index in [9.17, 15) is 48.3 Å². The zero-order valence-corrected chi connectivity index (χ0v) is 55.0. The summed E-state index contributed by atoms with van der Waals surface area (Å²) in [7, 11) is 9.99. The van der Waals surface area contributed by atoms with Crippen LogP contribution in [0.5, 0.6) is 0 Å². The molecule has 2 bridgehead atoms. The van der Waals surface area contributed by atoms with Gasteiger partial charge in [0.15, 0.2) is 0 Å². The van der Waals surface area contributed by atoms with Gasteiger partial charge in [-0.15, -0.1) is 0 Å². The summed E-state index contributed by atoms with van der Waals surface area (Å²) in [6, 6.07) is -12.6. The van der Waals surface area contributed by atoms with Crippen LogP contribution >= 0.6 is 0 Å². The molecule has 4 N–H and O–H groups in total. The molecule has 23 nitrogen and oxygen atoms in total. The number of rotatable bonds is 13. The molecule has 0 saturated carbocycles. The summed E-state index contributed by atoms with van der Waals surface area (Å²) in [4.78, 5) is 170. The van der Waals surface area contributed by atoms with Crippen molar-refractivity contribution in [2.45, 2.75) is 222 Å². The van der Waals surface area contributed by atoms with E-state index in [0.29, 0.717) is 6.42 Å². The van der Waals surface area contributed by atoms with Crippen LogP contribution in [0.3, 0.4) is 0 Å². The molecule has 0 aromatic rings. The number of likely N-dealkylation sites (N-methyl/N-ethyl adjacent to an activating group) is 7. The van der Waals surface area contributed by atoms with Gasteiger partial charge in [-0.05, 0) is 102 Å². The van der Waals surface area contributed by atoms with Crippen LogP contribution in [0.2, 0.25) is 0 Å². The molecule has 11 amide bonds. The summed E-state index contributed by atoms with van der Waals surface area (Å²) >= 11 is 0. The molecule has 478 valence electrons. The number of hydrogen-bond acceptors (Lipinski definition) is 12. The number of allylic oxidation sites excluding steroid dienone is 2. The highest BCUT2D eigenvalue weighted by atomic mass is 16.3. The molecular formula is C61H107N11O12. The Morgan fingerprint density at radius 3 is 1.42 bits per heavy atom. The van der Waals surface area contributed by atoms with Crippen LogP contribution in [0, 0.1) is 35.5 Å². The lowest BCUT2D eigenvalue weighted by atomic mass is 9.91. The Hall–Kier alpha value is -6.13. The fourth-order valence-corrected chi connectivity index (χ4v) is 11.4. The Balaban J connectivity index is 2.95. The van der Waals surface area contributed by atoms with Crippen molar-refractivity contribution in [1.29, 1.82) is 0 Å². The SMILES string of the molecule is C/C=C/CC(C)[C@H](O)C1C(=O)N[C@@H](CC)C(=O)N(C)CC(=O)N(C)[C@H]2CC(C)N(C2=O)[C@@H](C(C)C)C(=O)N(C)[C@@H](CC(C)C)C(=O)N[C@@H](C)C(=O)N[C@H](C)C(=O)N(C)[C@@H](CC(C)C)C(=O)N(C)[C@@H](CC(C)C)C(=O)N(C)[C@@H](C(C)C)C(=O)N1C. The highest BCUT2D eigenvalue weighted by Crippen LogP contribution is 2.31. The number of aliphatic hydroxyl groups excluding tert-OH is 1. The van der Waals surface area contributed by atoms with E-state index in [2.05, 4.69) is 16.0 Å². The van der Waals surface area contributed by atoms with E-state index in [4.69, 9.17) is 0 Å². The first-order chi connectivity index (χ1) is 38.8. The van der Waals surface area contributed by atoms with E-state index < -0.39 is 162 Å². The van der Waals surface area contributed by atoms with Crippen LogP contribution in [-0.2, 0) is 52.7 Å². The standard InChI is InChI=1S/C61H107N11O12/c1-24-26-27-38(13)51(74)50-54(77)64-42(25-2)56(79)65(17)32-47(73)66(18)46-31-39(14)72(59(46)82)49(37(11)12)61(84)67(19)43(28-33(3)4)53(76)62-40(15)52(75)63-41(16)55(78)68(20)44(29-34(5)6)57(80)69(21)45(30-35(7)8)58(81)70(22)48(36(9)10)60(83)71(50)23/h24,26,33-46,48-51,74H,25,27-32H2,1-23H3,(H,62,76)(H,63,75)(H,64,77)/b26-24+/t38?,39?,40-,41+,42-,43-,44-,45-,46-,48-,49-,50?,51-/m0/s1. The maximum atomic E-state index is 15.1. The minimum absolute atomic E-state index is 0.0320. The molecule has 13 atom stereocenters. The molecule has 2 rings (SSSR count). The first-order valence-electron chi connectivity index (χ1n) is 30.2. The minimum Gasteiger partial charge on any atom is -0.390 e. The Morgan fingerprint density at radius 2 is 0.940 bits per heavy atom. The van der Waals surface area contributed by atoms with Gasteiger partial charge in [0.05, 0.1) is 12.6 Å². The molecule has 23 heteroatoms. The highest BCUT2D eigenvalue weighted by Gasteiger charge is 2.50. The summed E-state index contributed by atoms with van der Waals surface area (Å²) in [5.74, 6) is -9.19. The third-order valence-electron chi connectivity index (χ3n) is 16.6. The smallest absolute Gasteiger partial charge is 0.246 e. The molecule has 2 aliphatic heterocycles. The average Bonchev–Trinajstić information content (AvgIpc) is 3.27. The summed E-state index contributed by atoms with van der Waals surface area (Å²) in [5, 5.41) is 20.2. The van der Waals surface area contributed by atoms with E-state index in [0.717, 1.165) is 9.80 Å². The van der Waals surface area contributed by atoms with Crippen molar-refractivity contribution in [3.63, 3.8) is 0 Å². The third kappa shape index (κ3) is 18.4. The van der Waals surface area contributed by atoms with E-state index in [1.807, 2.05) is 47.6 Å². The number of fused-ring (bicyclic) bond motifs is 2. The lowest BCUT2D eigenvalue weighted by molar-refractivity contribution is -0.157. The number of nitrogens with one attached hydrogen (secondary N) is 3. The van der Waals surface area contributed by atoms with Crippen molar-refractivity contribution in [2.24, 2.45) is 35.5 Å². The van der Waals surface area contributed by atoms with E-state index in [1.54, 1.807) is 61.5 Å². The van der Waals surface area contributed by atoms with Gasteiger partial charge in [0.1, 0.15) is 60.4 Å². The Bertz CT molecular complexity index is 2360. The molecule has 2 fully saturated rings. The second-order valence-electron chi connectivity index (χ2n) is 25.8. The zero-order chi connectivity index (χ0) is 64.8. The van der Waals surface area contributed by atoms with Gasteiger partial charge in [0.25, 0.3) is 0 Å². The minimum atomic E-state index is -1.60. The summed E-state index contributed by atoms with van der Waals surface area (Å²) in [6.45, 7) is 27.6. The average molecular weight is 1190 g/mol. The van der Waals surface area contributed by atoms with Gasteiger partial charge in [0, 0.05) is 55.4 Å². The lowest BCUT2D eigenvalue weighted by Crippen LogP contribution is -2.63. The number of carbonyl (C=O) groups excluding carboxylic acids is 11. The number of amides is 11. The van der Waals surface area contributed by atoms with Gasteiger partial charge >= 0.3 is 0 Å². The van der Waals surface area contributed by atoms with Crippen LogP contribution in [0.15, 0.2) is 12.2 Å². The number of nitrogens with zero attached hydrogens (tertiary/aromatic N) is 8. The maximum Gasteiger partial charge on any atom is 0.246 e. The maximum absolute atomic E-state index is 15.1. The van der Waals surface area contributed by atoms with Crippen LogP contribution in [0.4, 0.5) is 0 Å². The van der Waals surface area contributed by atoms with Gasteiger partial charge in [-0.3, -0.25) is 52.7 Å². The van der Waals surface area contributed by atoms with Gasteiger partial charge < -0.3 is 60.3 Å². The molecule has 0 aromatic carbocycles. The van der Waals surface area contributed by atoms with Crippen molar-refractivity contribution in [1.82, 2.24) is 55.1 Å². The summed E-state index contributed by atoms with van der Waals surface area (Å²) < 4.78 is 0. The second-order valence-corrected chi connectivity index (χ2v) is 25.8. The molecule has 2 saturated heterocycles. The number of hydrogen-bond donors (Lipinski definition) is 4. The molecule has 2 aliphatic rings. The number of aliphatic hydroxyl groups is 1. The van der Waals surface area contributed by atoms with Crippen molar-refractivity contribution in [2.75, 3.05) is 55.9 Å². The van der Waals surface area contributed by atoms with Crippen molar-refractivity contribution < 1.29 is 57.8 Å². The Morgan fingerprint density at radius 1 is 0.500 bits per heavy atom. The Labute approximate surface area is 501 Å². The van der Waals surface area contributed by atoms with Crippen molar-refractivity contribution in [3.8, 4) is 0 Å². The normalized spacial score (nSPS) is 28.5. The molecular weight excluding hydrogens is 1080 g/mol. The molecule has 0 aliphatic carbocycles. The number of carbonyl (C=O) groups is 11. The van der Waals surface area contributed by atoms with Crippen LogP contribution in [0.1, 0.15) is 149 Å². The van der Waals surface area contributed by atoms with E-state index >= 15 is 9.59 Å². The van der Waals surface area contributed by atoms with Gasteiger partial charge in [-0.1, -0.05) is 95.2 Å². The summed E-state index contributed by atoms with van der Waals surface area (Å²) in [5.41, 5.74) is 0. The predicted molar refractivity (Wildman–Crippen MR) is 322 cm³/mol. The molecule has 3 unspecified atom stereocenters. The fourth-order valence-electron chi connectivity index (χ4n) is 11.4. The van der Waals surface area contributed by atoms with Crippen molar-refractivity contribution >= 4 is 65.0 Å². The predicted octanol–water partition coefficient (Wildman–Crippen LogP) is 2.73. The van der Waals surface area contributed by atoms with Crippen LogP contribution in [-0.4, -0.2) is 238 Å². The van der Waals surface area contributed by atoms with E-state index in [-0.39, 0.29) is 49.9 Å². The van der Waals surface area contributed by atoms with Crippen LogP contribution in [0.25, 0.3) is 0 Å². The second kappa shape index (κ2) is 32.4. The van der Waals surface area contributed by atoms with Crippen LogP contribution < -0.4 is 16.0 Å². The van der Waals surface area contributed by atoms with Gasteiger partial charge in [0.2, 0.25) is 65.0 Å². The molecule has 2 heterocycles. The summed E-state index contributed by atoms with van der Waals surface area (Å²) in [6.07, 6.45) is 3.07. The third-order valence-corrected chi connectivity index (χ3v) is 16.6. The zero-order valence-electron chi connectivity index (χ0n) is 55.0. The quantitative estimate of drug-likeness (QED) is 0.194. The largest absolute Gasteiger partial charge is 0.390 e.